The van der Waals surface area contributed by atoms with Crippen molar-refractivity contribution in [1.82, 2.24) is 10.1 Å². The van der Waals surface area contributed by atoms with Gasteiger partial charge in [-0.1, -0.05) is 32.0 Å². The van der Waals surface area contributed by atoms with Gasteiger partial charge < -0.3 is 15.2 Å². The molecule has 0 unspecified atom stereocenters. The zero-order valence-electron chi connectivity index (χ0n) is 13.9. The zero-order valence-corrected chi connectivity index (χ0v) is 13.9. The number of carbonyl (C=O) groups is 1. The van der Waals surface area contributed by atoms with Crippen LogP contribution in [-0.2, 0) is 17.8 Å². The molecule has 0 spiro atoms. The van der Waals surface area contributed by atoms with Crippen LogP contribution in [0.15, 0.2) is 28.8 Å². The van der Waals surface area contributed by atoms with Crippen molar-refractivity contribution in [3.8, 4) is 0 Å². The predicted octanol–water partition coefficient (Wildman–Crippen LogP) is 3.62. The van der Waals surface area contributed by atoms with E-state index in [1.807, 2.05) is 31.2 Å². The third-order valence-electron chi connectivity index (χ3n) is 3.17. The van der Waals surface area contributed by atoms with Crippen LogP contribution >= 0.6 is 0 Å². The molecule has 2 N–H and O–H groups in total. The molecule has 1 amide bonds. The van der Waals surface area contributed by atoms with Crippen LogP contribution in [0.5, 0.6) is 0 Å². The molecule has 2 aromatic rings. The minimum absolute atomic E-state index is 0.0288. The normalized spacial score (nSPS) is 10.8. The Hall–Kier alpha value is -2.37. The summed E-state index contributed by atoms with van der Waals surface area (Å²) in [4.78, 5) is 16.0. The Labute approximate surface area is 136 Å². The highest BCUT2D eigenvalue weighted by molar-refractivity contribution is 5.91. The minimum atomic E-state index is 0.0288. The summed E-state index contributed by atoms with van der Waals surface area (Å²) in [6.07, 6.45) is 2.14. The van der Waals surface area contributed by atoms with E-state index in [0.717, 1.165) is 24.2 Å². The highest BCUT2D eigenvalue weighted by atomic mass is 16.5. The summed E-state index contributed by atoms with van der Waals surface area (Å²) in [5, 5.41) is 10.1. The van der Waals surface area contributed by atoms with E-state index >= 15 is 0 Å². The largest absolute Gasteiger partial charge is 0.378 e. The van der Waals surface area contributed by atoms with Crippen molar-refractivity contribution < 1.29 is 9.32 Å². The van der Waals surface area contributed by atoms with E-state index in [9.17, 15) is 4.79 Å². The molecule has 6 nitrogen and oxygen atoms in total. The van der Waals surface area contributed by atoms with Crippen LogP contribution < -0.4 is 10.6 Å². The second kappa shape index (κ2) is 8.31. The average Bonchev–Trinajstić information content (AvgIpc) is 2.92. The van der Waals surface area contributed by atoms with Gasteiger partial charge in [0.15, 0.2) is 5.82 Å². The standard InChI is InChI=1S/C17H24N4O2/c1-4-6-16(22)19-14-8-5-7-13(10-14)18-11-15-20-17(23-21-15)9-12(2)3/h5,7-8,10,12,18H,4,6,9,11H2,1-3H3,(H,19,22). The number of hydrogen-bond acceptors (Lipinski definition) is 5. The van der Waals surface area contributed by atoms with Gasteiger partial charge >= 0.3 is 0 Å². The van der Waals surface area contributed by atoms with Gasteiger partial charge in [-0.2, -0.15) is 4.98 Å². The number of carbonyl (C=O) groups excluding carboxylic acids is 1. The van der Waals surface area contributed by atoms with Gasteiger partial charge in [0.25, 0.3) is 0 Å². The molecule has 0 saturated heterocycles. The molecule has 23 heavy (non-hydrogen) atoms. The fourth-order valence-electron chi connectivity index (χ4n) is 2.13. The zero-order chi connectivity index (χ0) is 16.7. The molecule has 1 aromatic heterocycles. The van der Waals surface area contributed by atoms with Crippen molar-refractivity contribution in [2.75, 3.05) is 10.6 Å². The van der Waals surface area contributed by atoms with Gasteiger partial charge in [-0.05, 0) is 30.5 Å². The van der Waals surface area contributed by atoms with Gasteiger partial charge in [0.05, 0.1) is 6.54 Å². The summed E-state index contributed by atoms with van der Waals surface area (Å²) in [6.45, 7) is 6.69. The Balaban J connectivity index is 1.90. The smallest absolute Gasteiger partial charge is 0.226 e. The molecule has 0 bridgehead atoms. The number of benzene rings is 1. The van der Waals surface area contributed by atoms with Crippen LogP contribution in [0.1, 0.15) is 45.3 Å². The molecular weight excluding hydrogens is 292 g/mol. The number of nitrogens with zero attached hydrogens (tertiary/aromatic N) is 2. The Bertz CT molecular complexity index is 637. The molecule has 0 radical (unpaired) electrons. The summed E-state index contributed by atoms with van der Waals surface area (Å²) in [6, 6.07) is 7.59. The van der Waals surface area contributed by atoms with Crippen molar-refractivity contribution in [2.45, 2.75) is 46.6 Å². The first-order chi connectivity index (χ1) is 11.1. The quantitative estimate of drug-likeness (QED) is 0.777. The van der Waals surface area contributed by atoms with E-state index in [4.69, 9.17) is 4.52 Å². The summed E-state index contributed by atoms with van der Waals surface area (Å²) in [5.41, 5.74) is 1.68. The van der Waals surface area contributed by atoms with Crippen molar-refractivity contribution in [1.29, 1.82) is 0 Å². The molecule has 0 atom stereocenters. The van der Waals surface area contributed by atoms with Crippen molar-refractivity contribution >= 4 is 17.3 Å². The molecule has 1 heterocycles. The first kappa shape index (κ1) is 17.0. The number of nitrogens with one attached hydrogen (secondary N) is 2. The molecule has 0 aliphatic rings. The van der Waals surface area contributed by atoms with Gasteiger partial charge in [0.1, 0.15) is 0 Å². The van der Waals surface area contributed by atoms with E-state index < -0.39 is 0 Å². The van der Waals surface area contributed by atoms with Crippen LogP contribution in [0.3, 0.4) is 0 Å². The molecule has 0 aliphatic carbocycles. The molecule has 2 rings (SSSR count). The van der Waals surface area contributed by atoms with Gasteiger partial charge in [0, 0.05) is 24.2 Å². The van der Waals surface area contributed by atoms with E-state index in [0.29, 0.717) is 30.6 Å². The average molecular weight is 316 g/mol. The lowest BCUT2D eigenvalue weighted by molar-refractivity contribution is -0.116. The van der Waals surface area contributed by atoms with Gasteiger partial charge in [-0.3, -0.25) is 4.79 Å². The van der Waals surface area contributed by atoms with Crippen LogP contribution in [0.2, 0.25) is 0 Å². The molecule has 124 valence electrons. The maximum absolute atomic E-state index is 11.6. The van der Waals surface area contributed by atoms with E-state index in [1.165, 1.54) is 0 Å². The lowest BCUT2D eigenvalue weighted by Gasteiger charge is -2.08. The van der Waals surface area contributed by atoms with Gasteiger partial charge in [-0.25, -0.2) is 0 Å². The summed E-state index contributed by atoms with van der Waals surface area (Å²) in [5.74, 6) is 1.80. The number of rotatable bonds is 8. The Morgan fingerprint density at radius 2 is 2.09 bits per heavy atom. The SMILES string of the molecule is CCCC(=O)Nc1cccc(NCc2noc(CC(C)C)n2)c1. The number of amides is 1. The van der Waals surface area contributed by atoms with Crippen LogP contribution in [0.25, 0.3) is 0 Å². The molecule has 0 aliphatic heterocycles. The monoisotopic (exact) mass is 316 g/mol. The molecule has 6 heteroatoms. The van der Waals surface area contributed by atoms with E-state index in [2.05, 4.69) is 34.6 Å². The summed E-state index contributed by atoms with van der Waals surface area (Å²) < 4.78 is 5.21. The Morgan fingerprint density at radius 3 is 2.83 bits per heavy atom. The second-order valence-corrected chi connectivity index (χ2v) is 5.93. The van der Waals surface area contributed by atoms with Crippen LogP contribution in [-0.4, -0.2) is 16.0 Å². The first-order valence-corrected chi connectivity index (χ1v) is 8.02. The molecule has 0 saturated carbocycles. The maximum atomic E-state index is 11.6. The van der Waals surface area contributed by atoms with E-state index in [1.54, 1.807) is 0 Å². The van der Waals surface area contributed by atoms with Crippen molar-refractivity contribution in [2.24, 2.45) is 5.92 Å². The number of hydrogen-bond donors (Lipinski definition) is 2. The Morgan fingerprint density at radius 1 is 1.30 bits per heavy atom. The van der Waals surface area contributed by atoms with Crippen LogP contribution in [0, 0.1) is 5.92 Å². The predicted molar refractivity (Wildman–Crippen MR) is 90.1 cm³/mol. The molecular formula is C17H24N4O2. The first-order valence-electron chi connectivity index (χ1n) is 8.02. The number of anilines is 2. The lowest BCUT2D eigenvalue weighted by atomic mass is 10.1. The van der Waals surface area contributed by atoms with Gasteiger partial charge in [-0.15, -0.1) is 0 Å². The van der Waals surface area contributed by atoms with Crippen LogP contribution in [0.4, 0.5) is 11.4 Å². The van der Waals surface area contributed by atoms with E-state index in [-0.39, 0.29) is 5.91 Å². The molecule has 0 fully saturated rings. The summed E-state index contributed by atoms with van der Waals surface area (Å²) in [7, 11) is 0. The number of aromatic nitrogens is 2. The third kappa shape index (κ3) is 5.73. The van der Waals surface area contributed by atoms with Crippen molar-refractivity contribution in [3.05, 3.63) is 36.0 Å². The second-order valence-electron chi connectivity index (χ2n) is 5.93. The highest BCUT2D eigenvalue weighted by Gasteiger charge is 2.08. The lowest BCUT2D eigenvalue weighted by Crippen LogP contribution is -2.10. The topological polar surface area (TPSA) is 80.0 Å². The fraction of sp³-hybridized carbons (Fsp3) is 0.471. The maximum Gasteiger partial charge on any atom is 0.226 e. The molecule has 1 aromatic carbocycles. The highest BCUT2D eigenvalue weighted by Crippen LogP contribution is 2.16. The third-order valence-corrected chi connectivity index (χ3v) is 3.17. The fourth-order valence-corrected chi connectivity index (χ4v) is 2.13. The Kier molecular flexibility index (Phi) is 6.14. The van der Waals surface area contributed by atoms with Crippen molar-refractivity contribution in [3.63, 3.8) is 0 Å². The summed E-state index contributed by atoms with van der Waals surface area (Å²) >= 11 is 0. The minimum Gasteiger partial charge on any atom is -0.378 e. The van der Waals surface area contributed by atoms with Gasteiger partial charge in [0.2, 0.25) is 11.8 Å².